The standard InChI is InChI=1S/C11H13BrN4O2S/c12-10-2-4-11(5-3-10)19(17,18)15-6-1-7-16-9-13-8-14-16/h2-5,8-9,15H,1,6-7H2. The average Bonchev–Trinajstić information content (AvgIpc) is 2.88. The number of rotatable bonds is 6. The summed E-state index contributed by atoms with van der Waals surface area (Å²) in [4.78, 5) is 4.07. The summed E-state index contributed by atoms with van der Waals surface area (Å²) in [5.41, 5.74) is 0. The fourth-order valence-electron chi connectivity index (χ4n) is 1.49. The molecule has 0 radical (unpaired) electrons. The minimum atomic E-state index is -3.43. The molecular weight excluding hydrogens is 332 g/mol. The van der Waals surface area contributed by atoms with E-state index in [1.807, 2.05) is 0 Å². The Kier molecular flexibility index (Phi) is 4.67. The molecule has 0 unspecified atom stereocenters. The Morgan fingerprint density at radius 3 is 2.63 bits per heavy atom. The van der Waals surface area contributed by atoms with E-state index in [0.29, 0.717) is 19.5 Å². The molecule has 0 spiro atoms. The van der Waals surface area contributed by atoms with E-state index in [1.54, 1.807) is 35.3 Å². The van der Waals surface area contributed by atoms with Crippen LogP contribution in [0.4, 0.5) is 0 Å². The van der Waals surface area contributed by atoms with Gasteiger partial charge in [0.25, 0.3) is 0 Å². The normalized spacial score (nSPS) is 11.6. The zero-order chi connectivity index (χ0) is 13.7. The van der Waals surface area contributed by atoms with Crippen molar-refractivity contribution in [3.8, 4) is 0 Å². The van der Waals surface area contributed by atoms with Crippen LogP contribution in [-0.2, 0) is 16.6 Å². The fraction of sp³-hybridized carbons (Fsp3) is 0.273. The summed E-state index contributed by atoms with van der Waals surface area (Å²) in [6.07, 6.45) is 3.70. The molecule has 8 heteroatoms. The second kappa shape index (κ2) is 6.27. The first kappa shape index (κ1) is 14.2. The van der Waals surface area contributed by atoms with Crippen LogP contribution in [0.2, 0.25) is 0 Å². The number of aryl methyl sites for hydroxylation is 1. The Morgan fingerprint density at radius 2 is 2.00 bits per heavy atom. The van der Waals surface area contributed by atoms with Gasteiger partial charge in [0.15, 0.2) is 0 Å². The predicted molar refractivity (Wildman–Crippen MR) is 74.0 cm³/mol. The molecular formula is C11H13BrN4O2S. The monoisotopic (exact) mass is 344 g/mol. The van der Waals surface area contributed by atoms with Crippen LogP contribution in [0.1, 0.15) is 6.42 Å². The Labute approximate surface area is 120 Å². The minimum absolute atomic E-state index is 0.261. The molecule has 6 nitrogen and oxygen atoms in total. The minimum Gasteiger partial charge on any atom is -0.253 e. The predicted octanol–water partition coefficient (Wildman–Crippen LogP) is 1.41. The van der Waals surface area contributed by atoms with Crippen LogP contribution in [0.5, 0.6) is 0 Å². The molecule has 2 aromatic rings. The van der Waals surface area contributed by atoms with Crippen LogP contribution in [0.3, 0.4) is 0 Å². The first-order chi connectivity index (χ1) is 9.08. The number of nitrogens with zero attached hydrogens (tertiary/aromatic N) is 3. The van der Waals surface area contributed by atoms with Crippen LogP contribution in [-0.4, -0.2) is 29.7 Å². The molecule has 0 atom stereocenters. The summed E-state index contributed by atoms with van der Waals surface area (Å²) < 4.78 is 28.9. The zero-order valence-corrected chi connectivity index (χ0v) is 12.4. The van der Waals surface area contributed by atoms with Gasteiger partial charge in [-0.15, -0.1) is 0 Å². The zero-order valence-electron chi connectivity index (χ0n) is 10.0. The third-order valence-electron chi connectivity index (χ3n) is 2.45. The SMILES string of the molecule is O=S(=O)(NCCCn1cncn1)c1ccc(Br)cc1. The molecule has 1 N–H and O–H groups in total. The number of sulfonamides is 1. The Hall–Kier alpha value is -1.25. The largest absolute Gasteiger partial charge is 0.253 e. The summed E-state index contributed by atoms with van der Waals surface area (Å²) >= 11 is 3.27. The van der Waals surface area contributed by atoms with Gasteiger partial charge in [-0.1, -0.05) is 15.9 Å². The molecule has 102 valence electrons. The van der Waals surface area contributed by atoms with E-state index in [0.717, 1.165) is 4.47 Å². The van der Waals surface area contributed by atoms with Crippen LogP contribution in [0.25, 0.3) is 0 Å². The van der Waals surface area contributed by atoms with E-state index in [4.69, 9.17) is 0 Å². The number of halogens is 1. The number of benzene rings is 1. The topological polar surface area (TPSA) is 76.9 Å². The molecule has 0 fully saturated rings. The molecule has 0 aliphatic rings. The molecule has 1 heterocycles. The summed E-state index contributed by atoms with van der Waals surface area (Å²) in [5, 5.41) is 3.94. The summed E-state index contributed by atoms with van der Waals surface area (Å²) in [6.45, 7) is 0.987. The van der Waals surface area contributed by atoms with E-state index in [1.165, 1.54) is 6.33 Å². The quantitative estimate of drug-likeness (QED) is 0.803. The smallest absolute Gasteiger partial charge is 0.240 e. The van der Waals surface area contributed by atoms with Crippen molar-refractivity contribution in [1.82, 2.24) is 19.5 Å². The molecule has 1 aromatic carbocycles. The van der Waals surface area contributed by atoms with Gasteiger partial charge in [0, 0.05) is 17.6 Å². The van der Waals surface area contributed by atoms with Gasteiger partial charge in [-0.05, 0) is 30.7 Å². The maximum atomic E-state index is 11.9. The molecule has 0 aliphatic heterocycles. The van der Waals surface area contributed by atoms with Crippen molar-refractivity contribution in [2.75, 3.05) is 6.54 Å². The van der Waals surface area contributed by atoms with Crippen molar-refractivity contribution < 1.29 is 8.42 Å². The van der Waals surface area contributed by atoms with Gasteiger partial charge in [0.05, 0.1) is 4.90 Å². The van der Waals surface area contributed by atoms with Gasteiger partial charge in [0.2, 0.25) is 10.0 Å². The van der Waals surface area contributed by atoms with Crippen LogP contribution >= 0.6 is 15.9 Å². The number of nitrogens with one attached hydrogen (secondary N) is 1. The number of hydrogen-bond acceptors (Lipinski definition) is 4. The van der Waals surface area contributed by atoms with Crippen LogP contribution < -0.4 is 4.72 Å². The molecule has 0 saturated carbocycles. The molecule has 1 aromatic heterocycles. The van der Waals surface area contributed by atoms with Crippen molar-refractivity contribution in [2.45, 2.75) is 17.9 Å². The third-order valence-corrected chi connectivity index (χ3v) is 4.45. The summed E-state index contributed by atoms with van der Waals surface area (Å²) in [6, 6.07) is 6.52. The van der Waals surface area contributed by atoms with E-state index in [-0.39, 0.29) is 4.90 Å². The first-order valence-corrected chi connectivity index (χ1v) is 7.93. The molecule has 0 amide bonds. The Bertz CT molecular complexity index is 611. The summed E-state index contributed by atoms with van der Waals surface area (Å²) in [5.74, 6) is 0. The summed E-state index contributed by atoms with van der Waals surface area (Å²) in [7, 11) is -3.43. The highest BCUT2D eigenvalue weighted by atomic mass is 79.9. The highest BCUT2D eigenvalue weighted by Gasteiger charge is 2.12. The third kappa shape index (κ3) is 4.12. The molecule has 0 saturated heterocycles. The second-order valence-corrected chi connectivity index (χ2v) is 6.55. The van der Waals surface area contributed by atoms with Gasteiger partial charge in [-0.2, -0.15) is 5.10 Å². The lowest BCUT2D eigenvalue weighted by atomic mass is 10.4. The molecule has 2 rings (SSSR count). The number of aromatic nitrogens is 3. The average molecular weight is 345 g/mol. The molecule has 19 heavy (non-hydrogen) atoms. The lowest BCUT2D eigenvalue weighted by Crippen LogP contribution is -2.25. The highest BCUT2D eigenvalue weighted by molar-refractivity contribution is 9.10. The van der Waals surface area contributed by atoms with Crippen LogP contribution in [0.15, 0.2) is 46.3 Å². The van der Waals surface area contributed by atoms with Crippen molar-refractivity contribution in [3.05, 3.63) is 41.4 Å². The van der Waals surface area contributed by atoms with Gasteiger partial charge >= 0.3 is 0 Å². The van der Waals surface area contributed by atoms with E-state index < -0.39 is 10.0 Å². The maximum absolute atomic E-state index is 11.9. The van der Waals surface area contributed by atoms with Crippen molar-refractivity contribution in [3.63, 3.8) is 0 Å². The fourth-order valence-corrected chi connectivity index (χ4v) is 2.83. The molecule has 0 aliphatic carbocycles. The van der Waals surface area contributed by atoms with Crippen molar-refractivity contribution in [1.29, 1.82) is 0 Å². The number of hydrogen-bond donors (Lipinski definition) is 1. The van der Waals surface area contributed by atoms with Gasteiger partial charge in [-0.25, -0.2) is 18.1 Å². The highest BCUT2D eigenvalue weighted by Crippen LogP contribution is 2.14. The van der Waals surface area contributed by atoms with E-state index in [9.17, 15) is 8.42 Å². The molecule has 0 bridgehead atoms. The van der Waals surface area contributed by atoms with Gasteiger partial charge in [-0.3, -0.25) is 4.68 Å². The first-order valence-electron chi connectivity index (χ1n) is 5.65. The Morgan fingerprint density at radius 1 is 1.26 bits per heavy atom. The van der Waals surface area contributed by atoms with Crippen molar-refractivity contribution in [2.24, 2.45) is 0 Å². The van der Waals surface area contributed by atoms with Gasteiger partial charge < -0.3 is 0 Å². The van der Waals surface area contributed by atoms with E-state index in [2.05, 4.69) is 30.7 Å². The lowest BCUT2D eigenvalue weighted by Gasteiger charge is -2.06. The lowest BCUT2D eigenvalue weighted by molar-refractivity contribution is 0.552. The van der Waals surface area contributed by atoms with E-state index >= 15 is 0 Å². The van der Waals surface area contributed by atoms with Crippen LogP contribution in [0, 0.1) is 0 Å². The Balaban J connectivity index is 1.86. The maximum Gasteiger partial charge on any atom is 0.240 e. The van der Waals surface area contributed by atoms with Gasteiger partial charge in [0.1, 0.15) is 12.7 Å². The second-order valence-electron chi connectivity index (χ2n) is 3.86. The van der Waals surface area contributed by atoms with Crippen molar-refractivity contribution >= 4 is 26.0 Å².